The van der Waals surface area contributed by atoms with Crippen LogP contribution in [0.4, 0.5) is 23.4 Å². The van der Waals surface area contributed by atoms with E-state index < -0.39 is 29.9 Å². The third-order valence-corrected chi connectivity index (χ3v) is 8.98. The van der Waals surface area contributed by atoms with Crippen LogP contribution in [0.3, 0.4) is 0 Å². The molecule has 0 radical (unpaired) electrons. The van der Waals surface area contributed by atoms with Gasteiger partial charge in [-0.3, -0.25) is 4.79 Å². The number of amides is 1. The van der Waals surface area contributed by atoms with Crippen molar-refractivity contribution in [3.8, 4) is 29.0 Å². The minimum atomic E-state index is -5.12. The molecule has 2 fully saturated rings. The first kappa shape index (κ1) is 33.2. The van der Waals surface area contributed by atoms with Crippen LogP contribution < -0.4 is 14.4 Å². The van der Waals surface area contributed by atoms with Gasteiger partial charge in [0, 0.05) is 47.8 Å². The zero-order valence-corrected chi connectivity index (χ0v) is 26.6. The van der Waals surface area contributed by atoms with Crippen LogP contribution in [0.1, 0.15) is 19.3 Å². The number of nitriles is 1. The first-order valence-electron chi connectivity index (χ1n) is 15.2. The average Bonchev–Trinajstić information content (AvgIpc) is 3.47. The number of aromatic nitrogens is 3. The van der Waals surface area contributed by atoms with Crippen molar-refractivity contribution in [2.75, 3.05) is 44.7 Å². The minimum absolute atomic E-state index is 0.00131. The zero-order chi connectivity index (χ0) is 34.2. The Morgan fingerprint density at radius 3 is 2.56 bits per heavy atom. The van der Waals surface area contributed by atoms with Gasteiger partial charge in [0.25, 0.3) is 5.91 Å². The number of carbonyl (C=O) groups is 1. The predicted molar refractivity (Wildman–Crippen MR) is 171 cm³/mol. The van der Waals surface area contributed by atoms with Gasteiger partial charge in [-0.25, -0.2) is 9.37 Å². The Labute approximate surface area is 278 Å². The van der Waals surface area contributed by atoms with Crippen LogP contribution in [0.15, 0.2) is 55.0 Å². The molecule has 48 heavy (non-hydrogen) atoms. The molecule has 0 saturated carbocycles. The molecule has 2 atom stereocenters. The molecule has 2 aliphatic heterocycles. The molecule has 0 spiro atoms. The lowest BCUT2D eigenvalue weighted by Gasteiger charge is -2.41. The zero-order valence-electron chi connectivity index (χ0n) is 25.8. The summed E-state index contributed by atoms with van der Waals surface area (Å²) in [5.41, 5.74) is 0.0414. The van der Waals surface area contributed by atoms with Gasteiger partial charge in [0.1, 0.15) is 17.6 Å². The molecule has 2 aliphatic rings. The van der Waals surface area contributed by atoms with E-state index in [1.165, 1.54) is 11.1 Å². The molecule has 2 unspecified atom stereocenters. The average molecular weight is 684 g/mol. The first-order chi connectivity index (χ1) is 22.9. The van der Waals surface area contributed by atoms with Crippen molar-refractivity contribution in [2.45, 2.75) is 37.7 Å². The Bertz CT molecular complexity index is 1930. The van der Waals surface area contributed by atoms with Gasteiger partial charge in [-0.2, -0.15) is 15.2 Å². The van der Waals surface area contributed by atoms with Gasteiger partial charge in [-0.15, -0.1) is 13.2 Å². The second-order valence-electron chi connectivity index (χ2n) is 11.7. The highest BCUT2D eigenvalue weighted by molar-refractivity contribution is 6.36. The summed E-state index contributed by atoms with van der Waals surface area (Å²) < 4.78 is 67.1. The first-order valence-corrected chi connectivity index (χ1v) is 15.6. The van der Waals surface area contributed by atoms with E-state index in [1.807, 2.05) is 13.1 Å². The fourth-order valence-electron chi connectivity index (χ4n) is 6.34. The maximum absolute atomic E-state index is 14.2. The fourth-order valence-corrected chi connectivity index (χ4v) is 6.63. The summed E-state index contributed by atoms with van der Waals surface area (Å²) in [5.74, 6) is -2.62. The number of carbonyl (C=O) groups excluding carboxylic acids is 1. The molecule has 0 bridgehead atoms. The number of hydrogen-bond donors (Lipinski definition) is 0. The van der Waals surface area contributed by atoms with Gasteiger partial charge in [0.15, 0.2) is 17.4 Å². The molecule has 15 heteroatoms. The number of alkyl halides is 3. The number of likely N-dealkylation sites (N-methyl/N-ethyl adjacent to an activating group) is 1. The number of rotatable bonds is 8. The maximum Gasteiger partial charge on any atom is 0.573 e. The number of benzene rings is 2. The number of halogens is 5. The fraction of sp³-hybridized carbons (Fsp3) is 0.364. The number of anilines is 1. The van der Waals surface area contributed by atoms with Crippen molar-refractivity contribution in [2.24, 2.45) is 0 Å². The highest BCUT2D eigenvalue weighted by Gasteiger charge is 2.37. The van der Waals surface area contributed by atoms with Crippen LogP contribution in [0, 0.1) is 11.3 Å². The van der Waals surface area contributed by atoms with Gasteiger partial charge in [0.2, 0.25) is 0 Å². The summed E-state index contributed by atoms with van der Waals surface area (Å²) in [4.78, 5) is 31.1. The SMILES string of the molecule is C=C(F)C(=O)N1CCN(c2nc(OCC3CCCN3C)nc3c(OC(F)(F)F)c(-c4cccc5cccc(Cl)c45)cnc23)CC1CC#N. The second-order valence-corrected chi connectivity index (χ2v) is 12.1. The van der Waals surface area contributed by atoms with Crippen molar-refractivity contribution in [3.63, 3.8) is 0 Å². The summed E-state index contributed by atoms with van der Waals surface area (Å²) >= 11 is 6.56. The van der Waals surface area contributed by atoms with Crippen LogP contribution in [0.5, 0.6) is 11.8 Å². The third-order valence-electron chi connectivity index (χ3n) is 8.67. The van der Waals surface area contributed by atoms with Gasteiger partial charge < -0.3 is 24.2 Å². The van der Waals surface area contributed by atoms with E-state index in [1.54, 1.807) is 41.3 Å². The molecule has 4 aromatic rings. The quantitative estimate of drug-likeness (QED) is 0.157. The van der Waals surface area contributed by atoms with Crippen molar-refractivity contribution in [1.29, 1.82) is 5.26 Å². The normalized spacial score (nSPS) is 18.7. The number of pyridine rings is 1. The number of fused-ring (bicyclic) bond motifs is 2. The molecule has 2 saturated heterocycles. The summed E-state index contributed by atoms with van der Waals surface area (Å²) in [6, 6.07) is 11.3. The molecule has 0 N–H and O–H groups in total. The van der Waals surface area contributed by atoms with E-state index in [4.69, 9.17) is 21.1 Å². The summed E-state index contributed by atoms with van der Waals surface area (Å²) in [6.07, 6.45) is -2.18. The molecule has 4 heterocycles. The molecular formula is C33H30ClF4N7O3. The van der Waals surface area contributed by atoms with Crippen molar-refractivity contribution in [1.82, 2.24) is 24.8 Å². The second kappa shape index (κ2) is 13.4. The third kappa shape index (κ3) is 6.65. The van der Waals surface area contributed by atoms with Gasteiger partial charge in [0.05, 0.1) is 18.5 Å². The molecule has 0 aliphatic carbocycles. The Morgan fingerprint density at radius 2 is 1.88 bits per heavy atom. The molecular weight excluding hydrogens is 654 g/mol. The maximum atomic E-state index is 14.2. The van der Waals surface area contributed by atoms with Crippen LogP contribution in [0.25, 0.3) is 32.9 Å². The van der Waals surface area contributed by atoms with Crippen molar-refractivity contribution >= 4 is 45.1 Å². The Morgan fingerprint density at radius 1 is 1.10 bits per heavy atom. The molecule has 1 amide bonds. The van der Waals surface area contributed by atoms with Crippen LogP contribution in [-0.4, -0.2) is 88.9 Å². The lowest BCUT2D eigenvalue weighted by Crippen LogP contribution is -2.55. The van der Waals surface area contributed by atoms with Gasteiger partial charge in [-0.05, 0) is 43.5 Å². The minimum Gasteiger partial charge on any atom is -0.462 e. The van der Waals surface area contributed by atoms with Gasteiger partial charge >= 0.3 is 12.4 Å². The monoisotopic (exact) mass is 683 g/mol. The molecule has 250 valence electrons. The van der Waals surface area contributed by atoms with Crippen molar-refractivity contribution in [3.05, 3.63) is 60.0 Å². The van der Waals surface area contributed by atoms with E-state index in [9.17, 15) is 27.6 Å². The predicted octanol–water partition coefficient (Wildman–Crippen LogP) is 6.28. The number of piperazine rings is 1. The Balaban J connectivity index is 1.53. The summed E-state index contributed by atoms with van der Waals surface area (Å²) in [5, 5.41) is 11.0. The summed E-state index contributed by atoms with van der Waals surface area (Å²) in [6.45, 7) is 4.23. The van der Waals surface area contributed by atoms with E-state index in [0.29, 0.717) is 21.4 Å². The largest absolute Gasteiger partial charge is 0.573 e. The lowest BCUT2D eigenvalue weighted by atomic mass is 9.98. The smallest absolute Gasteiger partial charge is 0.462 e. The number of nitrogens with zero attached hydrogens (tertiary/aromatic N) is 7. The summed E-state index contributed by atoms with van der Waals surface area (Å²) in [7, 11) is 1.96. The van der Waals surface area contributed by atoms with E-state index in [-0.39, 0.29) is 67.1 Å². The Kier molecular flexibility index (Phi) is 9.26. The number of likely N-dealkylation sites (tertiary alicyclic amines) is 1. The number of hydrogen-bond acceptors (Lipinski definition) is 9. The molecule has 2 aromatic carbocycles. The van der Waals surface area contributed by atoms with Crippen LogP contribution in [0.2, 0.25) is 5.02 Å². The molecule has 10 nitrogen and oxygen atoms in total. The van der Waals surface area contributed by atoms with Crippen LogP contribution in [-0.2, 0) is 4.79 Å². The number of ether oxygens (including phenoxy) is 2. The van der Waals surface area contributed by atoms with E-state index >= 15 is 0 Å². The molecule has 6 rings (SSSR count). The topological polar surface area (TPSA) is 108 Å². The standard InChI is InChI=1S/C33H30ClF4N7O3/c1-19(35)31(46)45-15-14-44(17-21(45)11-12-39)30-28-27(41-32(42-30)47-18-22-8-5-13-43(22)2)29(48-33(36,37)38)24(16-40-28)23-9-3-6-20-7-4-10-25(34)26(20)23/h3-4,6-7,9-10,16,21-22H,1,5,8,11,13-15,17-18H2,2H3. The van der Waals surface area contributed by atoms with Crippen molar-refractivity contribution < 1.29 is 31.8 Å². The highest BCUT2D eigenvalue weighted by Crippen LogP contribution is 2.44. The van der Waals surface area contributed by atoms with Crippen LogP contribution >= 0.6 is 11.6 Å². The van der Waals surface area contributed by atoms with E-state index in [0.717, 1.165) is 19.4 Å². The highest BCUT2D eigenvalue weighted by atomic mass is 35.5. The van der Waals surface area contributed by atoms with E-state index in [2.05, 4.69) is 26.4 Å². The Hall–Kier alpha value is -4.74. The molecule has 2 aromatic heterocycles. The van der Waals surface area contributed by atoms with Gasteiger partial charge in [-0.1, -0.05) is 48.5 Å². The lowest BCUT2D eigenvalue weighted by molar-refractivity contribution is -0.273.